The Bertz CT molecular complexity index is 391. The van der Waals surface area contributed by atoms with Gasteiger partial charge < -0.3 is 16.0 Å². The Kier molecular flexibility index (Phi) is 3.21. The molecular weight excluding hydrogens is 226 g/mol. The first kappa shape index (κ1) is 11.1. The van der Waals surface area contributed by atoms with Gasteiger partial charge in [0.2, 0.25) is 5.91 Å². The highest BCUT2D eigenvalue weighted by Gasteiger charge is 2.31. The molecule has 0 spiro atoms. The third-order valence-electron chi connectivity index (χ3n) is 2.60. The summed E-state index contributed by atoms with van der Waals surface area (Å²) in [6.45, 7) is 1.65. The van der Waals surface area contributed by atoms with Gasteiger partial charge in [-0.05, 0) is 11.4 Å². The molecule has 2 rings (SSSR count). The quantitative estimate of drug-likeness (QED) is 0.740. The van der Waals surface area contributed by atoms with Crippen molar-refractivity contribution in [3.8, 4) is 0 Å². The van der Waals surface area contributed by atoms with E-state index >= 15 is 0 Å². The fraction of sp³-hybridized carbons (Fsp3) is 0.400. The van der Waals surface area contributed by atoms with Crippen LogP contribution in [0.2, 0.25) is 0 Å². The number of carbonyl (C=O) groups is 2. The predicted octanol–water partition coefficient (Wildman–Crippen LogP) is -0.353. The second-order valence-electron chi connectivity index (χ2n) is 3.63. The first-order valence-electron chi connectivity index (χ1n) is 5.03. The molecule has 0 bridgehead atoms. The number of nitrogens with zero attached hydrogens (tertiary/aromatic N) is 1. The molecule has 1 fully saturated rings. The highest BCUT2D eigenvalue weighted by Crippen LogP contribution is 2.13. The van der Waals surface area contributed by atoms with Crippen molar-refractivity contribution < 1.29 is 9.59 Å². The van der Waals surface area contributed by atoms with Crippen LogP contribution in [0.3, 0.4) is 0 Å². The lowest BCUT2D eigenvalue weighted by molar-refractivity contribution is -0.122. The highest BCUT2D eigenvalue weighted by molar-refractivity contribution is 7.08. The standard InChI is InChI=1S/C10H13N3O2S/c11-9(14)8-5-12-2-3-13(8)10(15)7-1-4-16-6-7/h1,4,6,8,12H,2-3,5H2,(H2,11,14). The van der Waals surface area contributed by atoms with Gasteiger partial charge in [-0.25, -0.2) is 0 Å². The van der Waals surface area contributed by atoms with Crippen molar-refractivity contribution in [2.45, 2.75) is 6.04 Å². The number of nitrogens with one attached hydrogen (secondary N) is 1. The van der Waals surface area contributed by atoms with E-state index in [2.05, 4.69) is 5.32 Å². The van der Waals surface area contributed by atoms with Gasteiger partial charge in [-0.3, -0.25) is 9.59 Å². The third-order valence-corrected chi connectivity index (χ3v) is 3.28. The second kappa shape index (κ2) is 4.63. The van der Waals surface area contributed by atoms with Crippen LogP contribution in [0, 0.1) is 0 Å². The summed E-state index contributed by atoms with van der Waals surface area (Å²) >= 11 is 1.46. The molecular formula is C10H13N3O2S. The molecule has 2 heterocycles. The monoisotopic (exact) mass is 239 g/mol. The Hall–Kier alpha value is -1.40. The molecule has 1 aliphatic rings. The van der Waals surface area contributed by atoms with Crippen molar-refractivity contribution in [3.63, 3.8) is 0 Å². The van der Waals surface area contributed by atoms with Crippen molar-refractivity contribution >= 4 is 23.2 Å². The SMILES string of the molecule is NC(=O)C1CNCCN1C(=O)c1ccsc1. The molecule has 3 N–H and O–H groups in total. The Morgan fingerprint density at radius 1 is 1.56 bits per heavy atom. The van der Waals surface area contributed by atoms with Gasteiger partial charge in [0.05, 0.1) is 5.56 Å². The molecule has 2 amide bonds. The molecule has 1 aromatic heterocycles. The largest absolute Gasteiger partial charge is 0.368 e. The molecule has 1 unspecified atom stereocenters. The third kappa shape index (κ3) is 2.07. The molecule has 1 saturated heterocycles. The Labute approximate surface area is 97.2 Å². The number of hydrogen-bond acceptors (Lipinski definition) is 4. The van der Waals surface area contributed by atoms with Crippen LogP contribution in [0.4, 0.5) is 0 Å². The number of amides is 2. The van der Waals surface area contributed by atoms with E-state index in [9.17, 15) is 9.59 Å². The van der Waals surface area contributed by atoms with E-state index in [0.717, 1.165) is 0 Å². The zero-order valence-electron chi connectivity index (χ0n) is 8.68. The molecule has 0 aromatic carbocycles. The average molecular weight is 239 g/mol. The van der Waals surface area contributed by atoms with Crippen molar-refractivity contribution in [1.82, 2.24) is 10.2 Å². The van der Waals surface area contributed by atoms with E-state index in [0.29, 0.717) is 25.2 Å². The lowest BCUT2D eigenvalue weighted by Gasteiger charge is -2.33. The molecule has 1 aliphatic heterocycles. The molecule has 6 heteroatoms. The van der Waals surface area contributed by atoms with E-state index in [1.807, 2.05) is 5.38 Å². The second-order valence-corrected chi connectivity index (χ2v) is 4.41. The minimum atomic E-state index is -0.541. The molecule has 1 aromatic rings. The Morgan fingerprint density at radius 3 is 3.00 bits per heavy atom. The van der Waals surface area contributed by atoms with Crippen molar-refractivity contribution in [2.24, 2.45) is 5.73 Å². The number of primary amides is 1. The highest BCUT2D eigenvalue weighted by atomic mass is 32.1. The van der Waals surface area contributed by atoms with Gasteiger partial charge in [0, 0.05) is 25.0 Å². The molecule has 0 saturated carbocycles. The lowest BCUT2D eigenvalue weighted by atomic mass is 10.1. The smallest absolute Gasteiger partial charge is 0.255 e. The summed E-state index contributed by atoms with van der Waals surface area (Å²) in [5.41, 5.74) is 5.90. The van der Waals surface area contributed by atoms with E-state index in [1.165, 1.54) is 11.3 Å². The Balaban J connectivity index is 2.17. The lowest BCUT2D eigenvalue weighted by Crippen LogP contribution is -2.58. The van der Waals surface area contributed by atoms with Gasteiger partial charge in [-0.1, -0.05) is 0 Å². The molecule has 86 valence electrons. The number of rotatable bonds is 2. The number of nitrogens with two attached hydrogens (primary N) is 1. The fourth-order valence-corrected chi connectivity index (χ4v) is 2.38. The molecule has 1 atom stereocenters. The van der Waals surface area contributed by atoms with Crippen LogP contribution in [-0.2, 0) is 4.79 Å². The summed E-state index contributed by atoms with van der Waals surface area (Å²) < 4.78 is 0. The molecule has 0 aliphatic carbocycles. The van der Waals surface area contributed by atoms with Crippen molar-refractivity contribution in [1.29, 1.82) is 0 Å². The molecule has 5 nitrogen and oxygen atoms in total. The van der Waals surface area contributed by atoms with Crippen LogP contribution in [0.5, 0.6) is 0 Å². The van der Waals surface area contributed by atoms with Gasteiger partial charge in [0.15, 0.2) is 0 Å². The van der Waals surface area contributed by atoms with Crippen LogP contribution in [0.1, 0.15) is 10.4 Å². The van der Waals surface area contributed by atoms with Gasteiger partial charge in [-0.15, -0.1) is 0 Å². The minimum absolute atomic E-state index is 0.119. The normalized spacial score (nSPS) is 20.8. The maximum Gasteiger partial charge on any atom is 0.255 e. The van der Waals surface area contributed by atoms with Crippen LogP contribution in [-0.4, -0.2) is 42.4 Å². The summed E-state index contributed by atoms with van der Waals surface area (Å²) in [6.07, 6.45) is 0. The summed E-state index contributed by atoms with van der Waals surface area (Å²) in [4.78, 5) is 24.8. The van der Waals surface area contributed by atoms with E-state index in [1.54, 1.807) is 16.3 Å². The van der Waals surface area contributed by atoms with Crippen LogP contribution < -0.4 is 11.1 Å². The van der Waals surface area contributed by atoms with Crippen LogP contribution in [0.15, 0.2) is 16.8 Å². The number of hydrogen-bond donors (Lipinski definition) is 2. The Morgan fingerprint density at radius 2 is 2.38 bits per heavy atom. The summed E-state index contributed by atoms with van der Waals surface area (Å²) in [6, 6.07) is 1.22. The maximum absolute atomic E-state index is 12.1. The van der Waals surface area contributed by atoms with Gasteiger partial charge >= 0.3 is 0 Å². The summed E-state index contributed by atoms with van der Waals surface area (Å²) in [7, 11) is 0. The summed E-state index contributed by atoms with van der Waals surface area (Å²) in [5, 5.41) is 6.68. The summed E-state index contributed by atoms with van der Waals surface area (Å²) in [5.74, 6) is -0.581. The predicted molar refractivity (Wildman–Crippen MR) is 61.2 cm³/mol. The number of piperazine rings is 1. The zero-order chi connectivity index (χ0) is 11.5. The van der Waals surface area contributed by atoms with Crippen molar-refractivity contribution in [3.05, 3.63) is 22.4 Å². The van der Waals surface area contributed by atoms with E-state index in [4.69, 9.17) is 5.73 Å². The zero-order valence-corrected chi connectivity index (χ0v) is 9.50. The fourth-order valence-electron chi connectivity index (χ4n) is 1.75. The first-order valence-corrected chi connectivity index (χ1v) is 5.97. The van der Waals surface area contributed by atoms with Crippen LogP contribution >= 0.6 is 11.3 Å². The van der Waals surface area contributed by atoms with Crippen molar-refractivity contribution in [2.75, 3.05) is 19.6 Å². The minimum Gasteiger partial charge on any atom is -0.368 e. The molecule has 16 heavy (non-hydrogen) atoms. The van der Waals surface area contributed by atoms with E-state index in [-0.39, 0.29) is 5.91 Å². The van der Waals surface area contributed by atoms with Gasteiger partial charge in [-0.2, -0.15) is 11.3 Å². The maximum atomic E-state index is 12.1. The average Bonchev–Trinajstić information content (AvgIpc) is 2.81. The number of carbonyl (C=O) groups excluding carboxylic acids is 2. The first-order chi connectivity index (χ1) is 7.70. The van der Waals surface area contributed by atoms with Crippen LogP contribution in [0.25, 0.3) is 0 Å². The topological polar surface area (TPSA) is 75.4 Å². The van der Waals surface area contributed by atoms with Gasteiger partial charge in [0.25, 0.3) is 5.91 Å². The van der Waals surface area contributed by atoms with Gasteiger partial charge in [0.1, 0.15) is 6.04 Å². The molecule has 0 radical (unpaired) electrons. The number of thiophene rings is 1. The van der Waals surface area contributed by atoms with E-state index < -0.39 is 11.9 Å².